The molecule has 7 nitrogen and oxygen atoms in total. The van der Waals surface area contributed by atoms with Crippen molar-refractivity contribution in [2.75, 3.05) is 12.8 Å². The number of nitrogens with one attached hydrogen (secondary N) is 1. The van der Waals surface area contributed by atoms with Gasteiger partial charge in [0.1, 0.15) is 17.3 Å². The van der Waals surface area contributed by atoms with Crippen LogP contribution in [0.2, 0.25) is 0 Å². The predicted octanol–water partition coefficient (Wildman–Crippen LogP) is 2.60. The summed E-state index contributed by atoms with van der Waals surface area (Å²) >= 11 is 0. The number of hydrogen-bond acceptors (Lipinski definition) is 6. The molecule has 4 rings (SSSR count). The predicted molar refractivity (Wildman–Crippen MR) is 101 cm³/mol. The Balaban J connectivity index is 1.84. The zero-order valence-electron chi connectivity index (χ0n) is 15.4. The number of nitrogens with two attached hydrogens (primary N) is 1. The van der Waals surface area contributed by atoms with E-state index in [4.69, 9.17) is 10.5 Å². The van der Waals surface area contributed by atoms with Crippen LogP contribution in [0.15, 0.2) is 36.5 Å². The zero-order valence-corrected chi connectivity index (χ0v) is 15.4. The number of pyridine rings is 1. The molecule has 3 N–H and O–H groups in total. The topological polar surface area (TPSA) is 103 Å². The van der Waals surface area contributed by atoms with Gasteiger partial charge >= 0.3 is 0 Å². The van der Waals surface area contributed by atoms with Crippen molar-refractivity contribution in [1.29, 1.82) is 0 Å². The number of rotatable bonds is 3. The highest BCUT2D eigenvalue weighted by molar-refractivity contribution is 5.98. The number of benzene rings is 1. The number of aryl methyl sites for hydroxylation is 1. The van der Waals surface area contributed by atoms with Crippen molar-refractivity contribution < 1.29 is 13.9 Å². The van der Waals surface area contributed by atoms with E-state index in [9.17, 15) is 9.18 Å². The number of halogens is 1. The Morgan fingerprint density at radius 1 is 1.29 bits per heavy atom. The first-order chi connectivity index (χ1) is 13.5. The van der Waals surface area contributed by atoms with Crippen LogP contribution in [0.25, 0.3) is 11.3 Å². The van der Waals surface area contributed by atoms with Crippen LogP contribution in [0.1, 0.15) is 33.4 Å². The van der Waals surface area contributed by atoms with E-state index in [1.54, 1.807) is 31.3 Å². The fourth-order valence-corrected chi connectivity index (χ4v) is 3.56. The summed E-state index contributed by atoms with van der Waals surface area (Å²) in [4.78, 5) is 25.4. The van der Waals surface area contributed by atoms with Crippen LogP contribution < -0.4 is 15.8 Å². The van der Waals surface area contributed by atoms with E-state index in [-0.39, 0.29) is 11.9 Å². The summed E-state index contributed by atoms with van der Waals surface area (Å²) in [5, 5.41) is 2.97. The minimum absolute atomic E-state index is 0.121. The highest BCUT2D eigenvalue weighted by Crippen LogP contribution is 2.36. The standard InChI is InChI=1S/C20H18FN5O2/c1-10-17-15(26-20(22)24-10)9-14(25-19(17)27)12-6-5-11(21)8-13(12)18-16(28-2)4-3-7-23-18/h3-8,14H,9H2,1-2H3,(H,25,27)(H2,22,24,26)/t14-/m1/s1. The quantitative estimate of drug-likeness (QED) is 0.725. The molecule has 0 fully saturated rings. The van der Waals surface area contributed by atoms with Gasteiger partial charge in [0.15, 0.2) is 0 Å². The van der Waals surface area contributed by atoms with Gasteiger partial charge in [-0.3, -0.25) is 9.78 Å². The average Bonchev–Trinajstić information content (AvgIpc) is 2.66. The van der Waals surface area contributed by atoms with Gasteiger partial charge in [-0.2, -0.15) is 0 Å². The van der Waals surface area contributed by atoms with Crippen LogP contribution in [-0.2, 0) is 6.42 Å². The number of anilines is 1. The molecule has 8 heteroatoms. The van der Waals surface area contributed by atoms with Gasteiger partial charge in [0.25, 0.3) is 5.91 Å². The Hall–Kier alpha value is -3.55. The van der Waals surface area contributed by atoms with Gasteiger partial charge in [0, 0.05) is 18.2 Å². The summed E-state index contributed by atoms with van der Waals surface area (Å²) < 4.78 is 19.4. The molecule has 0 aliphatic carbocycles. The number of aromatic nitrogens is 3. The molecule has 0 unspecified atom stereocenters. The van der Waals surface area contributed by atoms with Crippen molar-refractivity contribution in [3.63, 3.8) is 0 Å². The van der Waals surface area contributed by atoms with Crippen molar-refractivity contribution in [1.82, 2.24) is 20.3 Å². The van der Waals surface area contributed by atoms with Crippen molar-refractivity contribution in [3.05, 3.63) is 64.9 Å². The summed E-state index contributed by atoms with van der Waals surface area (Å²) in [5.74, 6) is -0.0573. The number of carbonyl (C=O) groups is 1. The second kappa shape index (κ2) is 6.88. The first-order valence-electron chi connectivity index (χ1n) is 8.70. The molecular formula is C20H18FN5O2. The number of ether oxygens (including phenoxy) is 1. The molecule has 0 saturated carbocycles. The van der Waals surface area contributed by atoms with Gasteiger partial charge in [-0.15, -0.1) is 0 Å². The zero-order chi connectivity index (χ0) is 19.8. The number of methoxy groups -OCH3 is 1. The molecular weight excluding hydrogens is 361 g/mol. The molecule has 28 heavy (non-hydrogen) atoms. The minimum Gasteiger partial charge on any atom is -0.494 e. The van der Waals surface area contributed by atoms with Gasteiger partial charge in [-0.05, 0) is 36.8 Å². The summed E-state index contributed by atoms with van der Waals surface area (Å²) in [5.41, 5.74) is 9.06. The lowest BCUT2D eigenvalue weighted by Gasteiger charge is -2.27. The second-order valence-corrected chi connectivity index (χ2v) is 6.50. The first kappa shape index (κ1) is 17.8. The highest BCUT2D eigenvalue weighted by atomic mass is 19.1. The Morgan fingerprint density at radius 2 is 2.11 bits per heavy atom. The number of fused-ring (bicyclic) bond motifs is 1. The third-order valence-corrected chi connectivity index (χ3v) is 4.75. The van der Waals surface area contributed by atoms with Crippen LogP contribution in [-0.4, -0.2) is 28.0 Å². The molecule has 1 aromatic carbocycles. The van der Waals surface area contributed by atoms with Gasteiger partial charge in [-0.25, -0.2) is 14.4 Å². The number of nitrogens with zero attached hydrogens (tertiary/aromatic N) is 3. The summed E-state index contributed by atoms with van der Waals surface area (Å²) in [6.45, 7) is 1.72. The van der Waals surface area contributed by atoms with Crippen LogP contribution in [0, 0.1) is 12.7 Å². The Morgan fingerprint density at radius 3 is 2.89 bits per heavy atom. The molecule has 3 aromatic rings. The third kappa shape index (κ3) is 3.02. The summed E-state index contributed by atoms with van der Waals surface area (Å²) in [6, 6.07) is 7.46. The molecule has 1 aliphatic rings. The Kier molecular flexibility index (Phi) is 4.38. The smallest absolute Gasteiger partial charge is 0.255 e. The van der Waals surface area contributed by atoms with E-state index in [0.717, 1.165) is 0 Å². The maximum absolute atomic E-state index is 14.1. The highest BCUT2D eigenvalue weighted by Gasteiger charge is 2.31. The molecule has 1 atom stereocenters. The Bertz CT molecular complexity index is 1090. The van der Waals surface area contributed by atoms with Crippen molar-refractivity contribution in [2.24, 2.45) is 0 Å². The lowest BCUT2D eigenvalue weighted by molar-refractivity contribution is 0.0922. The van der Waals surface area contributed by atoms with Crippen LogP contribution in [0.3, 0.4) is 0 Å². The first-order valence-corrected chi connectivity index (χ1v) is 8.70. The number of amides is 1. The average molecular weight is 379 g/mol. The van der Waals surface area contributed by atoms with Gasteiger partial charge < -0.3 is 15.8 Å². The fourth-order valence-electron chi connectivity index (χ4n) is 3.56. The number of carbonyl (C=O) groups excluding carboxylic acids is 1. The van der Waals surface area contributed by atoms with Crippen LogP contribution in [0.4, 0.5) is 10.3 Å². The molecule has 0 saturated heterocycles. The van der Waals surface area contributed by atoms with Crippen LogP contribution in [0.5, 0.6) is 5.75 Å². The minimum atomic E-state index is -0.420. The van der Waals surface area contributed by atoms with E-state index >= 15 is 0 Å². The van der Waals surface area contributed by atoms with E-state index in [0.29, 0.717) is 45.9 Å². The monoisotopic (exact) mass is 379 g/mol. The van der Waals surface area contributed by atoms with Crippen molar-refractivity contribution >= 4 is 11.9 Å². The number of nitrogen functional groups attached to an aromatic ring is 1. The van der Waals surface area contributed by atoms with Gasteiger partial charge in [0.2, 0.25) is 5.95 Å². The van der Waals surface area contributed by atoms with Crippen LogP contribution >= 0.6 is 0 Å². The summed E-state index contributed by atoms with van der Waals surface area (Å²) in [6.07, 6.45) is 2.01. The molecule has 142 valence electrons. The molecule has 3 heterocycles. The maximum atomic E-state index is 14.1. The van der Waals surface area contributed by atoms with E-state index in [1.807, 2.05) is 0 Å². The van der Waals surface area contributed by atoms with E-state index in [1.165, 1.54) is 19.2 Å². The SMILES string of the molecule is COc1cccnc1-c1cc(F)ccc1[C@H]1Cc2nc(N)nc(C)c2C(=O)N1. The largest absolute Gasteiger partial charge is 0.494 e. The molecule has 0 bridgehead atoms. The van der Waals surface area contributed by atoms with Crippen molar-refractivity contribution in [3.8, 4) is 17.0 Å². The molecule has 0 spiro atoms. The van der Waals surface area contributed by atoms with Crippen molar-refractivity contribution in [2.45, 2.75) is 19.4 Å². The maximum Gasteiger partial charge on any atom is 0.255 e. The molecule has 1 aliphatic heterocycles. The van der Waals surface area contributed by atoms with Gasteiger partial charge in [0.05, 0.1) is 30.1 Å². The van der Waals surface area contributed by atoms with Gasteiger partial charge in [-0.1, -0.05) is 6.07 Å². The second-order valence-electron chi connectivity index (χ2n) is 6.50. The molecule has 0 radical (unpaired) electrons. The fraction of sp³-hybridized carbons (Fsp3) is 0.200. The third-order valence-electron chi connectivity index (χ3n) is 4.75. The van der Waals surface area contributed by atoms with E-state index < -0.39 is 11.9 Å². The lowest BCUT2D eigenvalue weighted by Crippen LogP contribution is -2.37. The number of hydrogen-bond donors (Lipinski definition) is 2. The normalized spacial score (nSPS) is 15.7. The summed E-state index contributed by atoms with van der Waals surface area (Å²) in [7, 11) is 1.53. The molecule has 2 aromatic heterocycles. The molecule has 1 amide bonds. The lowest BCUT2D eigenvalue weighted by atomic mass is 9.90. The van der Waals surface area contributed by atoms with E-state index in [2.05, 4.69) is 20.3 Å². The Labute approximate surface area is 160 Å².